The molecule has 3 nitrogen and oxygen atoms in total. The molecule has 4 aliphatic rings. The summed E-state index contributed by atoms with van der Waals surface area (Å²) in [5.41, 5.74) is 5.83. The van der Waals surface area contributed by atoms with E-state index >= 15 is 0 Å². The third kappa shape index (κ3) is 1.66. The summed E-state index contributed by atoms with van der Waals surface area (Å²) in [6, 6.07) is 14.5. The monoisotopic (exact) mass is 329 g/mol. The molecule has 1 saturated heterocycles. The standard InChI is InChI=1S/C22H19NO2/c24-21-19-13-5-6-14(10-13)20(19)22(25)23(21)16-7-8-18-15(11-16)9-12-3-1-2-4-17(12)18/h1-4,7-8,11,13-14,19-20H,5-6,9-10H2. The molecular weight excluding hydrogens is 310 g/mol. The van der Waals surface area contributed by atoms with Crippen molar-refractivity contribution in [3.8, 4) is 11.1 Å². The average Bonchev–Trinajstić information content (AvgIpc) is 3.36. The molecule has 124 valence electrons. The number of carbonyl (C=O) groups is 2. The Morgan fingerprint density at radius 2 is 1.48 bits per heavy atom. The van der Waals surface area contributed by atoms with E-state index in [9.17, 15) is 9.59 Å². The van der Waals surface area contributed by atoms with Crippen molar-refractivity contribution in [1.82, 2.24) is 0 Å². The average molecular weight is 329 g/mol. The summed E-state index contributed by atoms with van der Waals surface area (Å²) in [4.78, 5) is 27.5. The number of carbonyl (C=O) groups excluding carboxylic acids is 2. The molecule has 2 aromatic rings. The Morgan fingerprint density at radius 3 is 2.24 bits per heavy atom. The van der Waals surface area contributed by atoms with Crippen LogP contribution in [0.25, 0.3) is 11.1 Å². The Morgan fingerprint density at radius 1 is 0.800 bits per heavy atom. The van der Waals surface area contributed by atoms with Gasteiger partial charge in [0.2, 0.25) is 11.8 Å². The predicted octanol–water partition coefficient (Wildman–Crippen LogP) is 3.79. The molecule has 0 N–H and O–H groups in total. The summed E-state index contributed by atoms with van der Waals surface area (Å²) in [6.07, 6.45) is 4.21. The summed E-state index contributed by atoms with van der Waals surface area (Å²) in [5, 5.41) is 0. The highest BCUT2D eigenvalue weighted by atomic mass is 16.2. The number of hydrogen-bond acceptors (Lipinski definition) is 2. The number of hydrogen-bond donors (Lipinski definition) is 0. The zero-order valence-corrected chi connectivity index (χ0v) is 13.9. The number of fused-ring (bicyclic) bond motifs is 8. The number of anilines is 1. The van der Waals surface area contributed by atoms with E-state index < -0.39 is 0 Å². The minimum atomic E-state index is -0.0447. The fraction of sp³-hybridized carbons (Fsp3) is 0.364. The molecule has 2 saturated carbocycles. The SMILES string of the molecule is O=C1C2C3CCC(C3)C2C(=O)N1c1ccc2c(c1)Cc1ccccc1-2. The number of nitrogens with zero attached hydrogens (tertiary/aromatic N) is 1. The number of imide groups is 1. The molecular formula is C22H19NO2. The first kappa shape index (κ1) is 13.8. The van der Waals surface area contributed by atoms with Gasteiger partial charge in [0.15, 0.2) is 0 Å². The summed E-state index contributed by atoms with van der Waals surface area (Å²) >= 11 is 0. The highest BCUT2D eigenvalue weighted by Gasteiger charge is 2.61. The lowest BCUT2D eigenvalue weighted by molar-refractivity contribution is -0.123. The molecule has 4 unspecified atom stereocenters. The normalized spacial score (nSPS) is 31.4. The zero-order chi connectivity index (χ0) is 16.7. The third-order valence-electron chi connectivity index (χ3n) is 6.96. The van der Waals surface area contributed by atoms with Gasteiger partial charge < -0.3 is 0 Å². The van der Waals surface area contributed by atoms with Crippen LogP contribution in [0.2, 0.25) is 0 Å². The van der Waals surface area contributed by atoms with E-state index in [4.69, 9.17) is 0 Å². The van der Waals surface area contributed by atoms with Crippen LogP contribution < -0.4 is 4.90 Å². The zero-order valence-electron chi connectivity index (χ0n) is 13.9. The lowest BCUT2D eigenvalue weighted by Crippen LogP contribution is -2.32. The van der Waals surface area contributed by atoms with E-state index in [0.29, 0.717) is 11.8 Å². The van der Waals surface area contributed by atoms with E-state index in [1.54, 1.807) is 0 Å². The molecule has 3 fully saturated rings. The second kappa shape index (κ2) is 4.60. The largest absolute Gasteiger partial charge is 0.274 e. The van der Waals surface area contributed by atoms with Gasteiger partial charge in [-0.15, -0.1) is 0 Å². The van der Waals surface area contributed by atoms with Crippen molar-refractivity contribution in [1.29, 1.82) is 0 Å². The van der Waals surface area contributed by atoms with E-state index in [2.05, 4.69) is 36.4 Å². The first-order valence-electron chi connectivity index (χ1n) is 9.31. The van der Waals surface area contributed by atoms with Crippen LogP contribution in [0.1, 0.15) is 30.4 Å². The van der Waals surface area contributed by atoms with Crippen LogP contribution in [-0.4, -0.2) is 11.8 Å². The summed E-state index contributed by atoms with van der Waals surface area (Å²) in [5.74, 6) is 0.897. The van der Waals surface area contributed by atoms with Gasteiger partial charge in [0.1, 0.15) is 0 Å². The topological polar surface area (TPSA) is 37.4 Å². The lowest BCUT2D eigenvalue weighted by Gasteiger charge is -2.19. The highest BCUT2D eigenvalue weighted by molar-refractivity contribution is 6.22. The van der Waals surface area contributed by atoms with Crippen LogP contribution in [-0.2, 0) is 16.0 Å². The first-order valence-corrected chi connectivity index (χ1v) is 9.31. The van der Waals surface area contributed by atoms with Gasteiger partial charge in [-0.05, 0) is 71.9 Å². The minimum absolute atomic E-state index is 0.0447. The third-order valence-corrected chi connectivity index (χ3v) is 6.96. The molecule has 25 heavy (non-hydrogen) atoms. The fourth-order valence-corrected chi connectivity index (χ4v) is 5.93. The molecule has 2 bridgehead atoms. The highest BCUT2D eigenvalue weighted by Crippen LogP contribution is 2.56. The van der Waals surface area contributed by atoms with Gasteiger partial charge in [0, 0.05) is 0 Å². The van der Waals surface area contributed by atoms with Gasteiger partial charge in [-0.25, -0.2) is 0 Å². The van der Waals surface area contributed by atoms with Gasteiger partial charge in [-0.1, -0.05) is 30.3 Å². The molecule has 0 spiro atoms. The molecule has 0 aromatic heterocycles. The molecule has 4 atom stereocenters. The van der Waals surface area contributed by atoms with Gasteiger partial charge in [-0.2, -0.15) is 0 Å². The van der Waals surface area contributed by atoms with Crippen molar-refractivity contribution in [3.05, 3.63) is 53.6 Å². The number of benzene rings is 2. The van der Waals surface area contributed by atoms with Gasteiger partial charge in [-0.3, -0.25) is 14.5 Å². The quantitative estimate of drug-likeness (QED) is 0.637. The van der Waals surface area contributed by atoms with Crippen molar-refractivity contribution in [3.63, 3.8) is 0 Å². The number of rotatable bonds is 1. The fourth-order valence-electron chi connectivity index (χ4n) is 5.93. The summed E-state index contributed by atoms with van der Waals surface area (Å²) in [7, 11) is 0. The molecule has 3 heteroatoms. The van der Waals surface area contributed by atoms with Crippen molar-refractivity contribution in [2.24, 2.45) is 23.7 Å². The van der Waals surface area contributed by atoms with Crippen molar-refractivity contribution in [2.45, 2.75) is 25.7 Å². The van der Waals surface area contributed by atoms with E-state index in [1.165, 1.54) is 27.2 Å². The Bertz CT molecular complexity index is 919. The maximum Gasteiger partial charge on any atom is 0.237 e. The van der Waals surface area contributed by atoms with Crippen molar-refractivity contribution >= 4 is 17.5 Å². The van der Waals surface area contributed by atoms with E-state index in [1.807, 2.05) is 6.07 Å². The lowest BCUT2D eigenvalue weighted by atomic mass is 9.81. The number of amides is 2. The maximum atomic E-state index is 13.0. The second-order valence-electron chi connectivity index (χ2n) is 8.07. The van der Waals surface area contributed by atoms with Crippen molar-refractivity contribution in [2.75, 3.05) is 4.90 Å². The Kier molecular flexibility index (Phi) is 2.54. The summed E-state index contributed by atoms with van der Waals surface area (Å²) < 4.78 is 0. The van der Waals surface area contributed by atoms with Crippen LogP contribution in [0, 0.1) is 23.7 Å². The van der Waals surface area contributed by atoms with Gasteiger partial charge >= 0.3 is 0 Å². The van der Waals surface area contributed by atoms with Crippen LogP contribution in [0.15, 0.2) is 42.5 Å². The second-order valence-corrected chi connectivity index (χ2v) is 8.07. The Balaban J connectivity index is 1.41. The Labute approximate surface area is 146 Å². The molecule has 3 aliphatic carbocycles. The van der Waals surface area contributed by atoms with Crippen LogP contribution >= 0.6 is 0 Å². The minimum Gasteiger partial charge on any atom is -0.274 e. The van der Waals surface area contributed by atoms with E-state index in [-0.39, 0.29) is 23.7 Å². The molecule has 2 amide bonds. The molecule has 0 radical (unpaired) electrons. The van der Waals surface area contributed by atoms with Gasteiger partial charge in [0.25, 0.3) is 0 Å². The van der Waals surface area contributed by atoms with E-state index in [0.717, 1.165) is 31.4 Å². The van der Waals surface area contributed by atoms with Crippen LogP contribution in [0.5, 0.6) is 0 Å². The van der Waals surface area contributed by atoms with Gasteiger partial charge in [0.05, 0.1) is 17.5 Å². The molecule has 2 aromatic carbocycles. The molecule has 6 rings (SSSR count). The molecule has 1 heterocycles. The smallest absolute Gasteiger partial charge is 0.237 e. The maximum absolute atomic E-state index is 13.0. The van der Waals surface area contributed by atoms with Crippen LogP contribution in [0.3, 0.4) is 0 Å². The first-order chi connectivity index (χ1) is 12.2. The summed E-state index contributed by atoms with van der Waals surface area (Å²) in [6.45, 7) is 0. The molecule has 1 aliphatic heterocycles. The predicted molar refractivity (Wildman–Crippen MR) is 95.0 cm³/mol. The van der Waals surface area contributed by atoms with Crippen molar-refractivity contribution < 1.29 is 9.59 Å². The Hall–Kier alpha value is -2.42. The van der Waals surface area contributed by atoms with Crippen LogP contribution in [0.4, 0.5) is 5.69 Å².